The van der Waals surface area contributed by atoms with Crippen molar-refractivity contribution < 1.29 is 9.53 Å². The van der Waals surface area contributed by atoms with Crippen molar-refractivity contribution in [1.29, 1.82) is 0 Å². The fourth-order valence-electron chi connectivity index (χ4n) is 2.24. The first-order valence-corrected chi connectivity index (χ1v) is 6.18. The molecule has 0 saturated heterocycles. The van der Waals surface area contributed by atoms with E-state index in [2.05, 4.69) is 4.99 Å². The van der Waals surface area contributed by atoms with E-state index in [0.717, 1.165) is 11.1 Å². The fourth-order valence-corrected chi connectivity index (χ4v) is 2.24. The molecule has 0 amide bonds. The SMILES string of the molecule is O=C1C=N[C@@H](c2ccccc2)[C@@H](c2ccccc2)O1. The van der Waals surface area contributed by atoms with Gasteiger partial charge in [0.05, 0.1) is 0 Å². The highest BCUT2D eigenvalue weighted by Crippen LogP contribution is 2.36. The molecule has 2 aromatic carbocycles. The Bertz CT molecular complexity index is 593. The van der Waals surface area contributed by atoms with E-state index in [1.807, 2.05) is 60.7 Å². The molecule has 19 heavy (non-hydrogen) atoms. The number of aliphatic imine (C=N–C) groups is 1. The van der Waals surface area contributed by atoms with Gasteiger partial charge in [0.1, 0.15) is 12.3 Å². The number of nitrogens with zero attached hydrogens (tertiary/aromatic N) is 1. The molecule has 3 rings (SSSR count). The minimum Gasteiger partial charge on any atom is -0.451 e. The fraction of sp³-hybridized carbons (Fsp3) is 0.125. The highest BCUT2D eigenvalue weighted by atomic mass is 16.5. The summed E-state index contributed by atoms with van der Waals surface area (Å²) in [5.74, 6) is -0.388. The third-order valence-electron chi connectivity index (χ3n) is 3.14. The van der Waals surface area contributed by atoms with Crippen molar-refractivity contribution in [2.45, 2.75) is 12.1 Å². The zero-order valence-corrected chi connectivity index (χ0v) is 10.3. The van der Waals surface area contributed by atoms with Crippen LogP contribution in [0.15, 0.2) is 65.7 Å². The Kier molecular flexibility index (Phi) is 3.11. The third-order valence-corrected chi connectivity index (χ3v) is 3.14. The summed E-state index contributed by atoms with van der Waals surface area (Å²) in [6.07, 6.45) is 0.901. The molecular weight excluding hydrogens is 238 g/mol. The molecule has 0 aliphatic carbocycles. The van der Waals surface area contributed by atoms with E-state index in [4.69, 9.17) is 4.74 Å². The smallest absolute Gasteiger partial charge is 0.349 e. The average molecular weight is 251 g/mol. The van der Waals surface area contributed by atoms with Crippen LogP contribution in [0.1, 0.15) is 23.3 Å². The first-order chi connectivity index (χ1) is 9.34. The molecule has 3 nitrogen and oxygen atoms in total. The Hall–Kier alpha value is -2.42. The maximum Gasteiger partial charge on any atom is 0.349 e. The summed E-state index contributed by atoms with van der Waals surface area (Å²) in [5, 5.41) is 0. The van der Waals surface area contributed by atoms with Crippen LogP contribution in [0.2, 0.25) is 0 Å². The van der Waals surface area contributed by atoms with Gasteiger partial charge in [0.25, 0.3) is 0 Å². The molecule has 0 spiro atoms. The van der Waals surface area contributed by atoms with Gasteiger partial charge in [-0.25, -0.2) is 4.79 Å². The van der Waals surface area contributed by atoms with E-state index in [1.165, 1.54) is 6.21 Å². The minimum atomic E-state index is -0.388. The first-order valence-electron chi connectivity index (χ1n) is 6.18. The van der Waals surface area contributed by atoms with Gasteiger partial charge in [0, 0.05) is 0 Å². The molecule has 0 N–H and O–H groups in total. The zero-order valence-electron chi connectivity index (χ0n) is 10.3. The number of hydrogen-bond donors (Lipinski definition) is 0. The third kappa shape index (κ3) is 2.40. The van der Waals surface area contributed by atoms with Crippen LogP contribution in [0, 0.1) is 0 Å². The summed E-state index contributed by atoms with van der Waals surface area (Å²) in [4.78, 5) is 15.8. The van der Waals surface area contributed by atoms with Gasteiger partial charge in [-0.2, -0.15) is 0 Å². The van der Waals surface area contributed by atoms with Crippen molar-refractivity contribution in [3.05, 3.63) is 71.8 Å². The number of carbonyl (C=O) groups excluding carboxylic acids is 1. The normalized spacial score (nSPS) is 22.0. The predicted molar refractivity (Wildman–Crippen MR) is 73.0 cm³/mol. The molecular formula is C16H13NO2. The Morgan fingerprint density at radius 2 is 1.42 bits per heavy atom. The number of esters is 1. The molecule has 0 radical (unpaired) electrons. The Balaban J connectivity index is 2.01. The lowest BCUT2D eigenvalue weighted by atomic mass is 9.95. The van der Waals surface area contributed by atoms with E-state index >= 15 is 0 Å². The summed E-state index contributed by atoms with van der Waals surface area (Å²) in [5.41, 5.74) is 2.00. The Labute approximate surface area is 111 Å². The summed E-state index contributed by atoms with van der Waals surface area (Å²) < 4.78 is 5.45. The molecule has 94 valence electrons. The molecule has 0 fully saturated rings. The van der Waals surface area contributed by atoms with Gasteiger partial charge in [-0.3, -0.25) is 4.99 Å². The Morgan fingerprint density at radius 1 is 0.842 bits per heavy atom. The molecule has 0 unspecified atom stereocenters. The van der Waals surface area contributed by atoms with Crippen LogP contribution in [0.25, 0.3) is 0 Å². The van der Waals surface area contributed by atoms with E-state index in [-0.39, 0.29) is 18.1 Å². The monoisotopic (exact) mass is 251 g/mol. The van der Waals surface area contributed by atoms with Gasteiger partial charge < -0.3 is 4.74 Å². The lowest BCUT2D eigenvalue weighted by Crippen LogP contribution is -2.23. The number of cyclic esters (lactones) is 1. The molecule has 0 saturated carbocycles. The molecule has 1 heterocycles. The molecule has 0 aromatic heterocycles. The molecule has 1 aliphatic rings. The van der Waals surface area contributed by atoms with Crippen LogP contribution in [-0.2, 0) is 9.53 Å². The number of benzene rings is 2. The number of rotatable bonds is 2. The number of carbonyl (C=O) groups is 1. The largest absolute Gasteiger partial charge is 0.451 e. The summed E-state index contributed by atoms with van der Waals surface area (Å²) >= 11 is 0. The average Bonchev–Trinajstić information content (AvgIpc) is 2.49. The van der Waals surface area contributed by atoms with Crippen molar-refractivity contribution in [3.8, 4) is 0 Å². The predicted octanol–water partition coefficient (Wildman–Crippen LogP) is 3.10. The van der Waals surface area contributed by atoms with Crippen molar-refractivity contribution in [1.82, 2.24) is 0 Å². The minimum absolute atomic E-state index is 0.179. The van der Waals surface area contributed by atoms with Gasteiger partial charge in [0.2, 0.25) is 0 Å². The number of ether oxygens (including phenoxy) is 1. The first kappa shape index (κ1) is 11.7. The zero-order chi connectivity index (χ0) is 13.1. The van der Waals surface area contributed by atoms with Crippen LogP contribution in [0.4, 0.5) is 0 Å². The van der Waals surface area contributed by atoms with Gasteiger partial charge in [-0.1, -0.05) is 60.7 Å². The van der Waals surface area contributed by atoms with Crippen LogP contribution in [0.5, 0.6) is 0 Å². The maximum atomic E-state index is 11.5. The van der Waals surface area contributed by atoms with Crippen LogP contribution in [0.3, 0.4) is 0 Å². The van der Waals surface area contributed by atoms with Crippen molar-refractivity contribution in [2.24, 2.45) is 4.99 Å². The van der Waals surface area contributed by atoms with Crippen LogP contribution >= 0.6 is 0 Å². The molecule has 1 aliphatic heterocycles. The van der Waals surface area contributed by atoms with Crippen molar-refractivity contribution >= 4 is 12.2 Å². The summed E-state index contributed by atoms with van der Waals surface area (Å²) in [7, 11) is 0. The van der Waals surface area contributed by atoms with E-state index < -0.39 is 0 Å². The van der Waals surface area contributed by atoms with E-state index in [9.17, 15) is 4.79 Å². The molecule has 2 atom stereocenters. The summed E-state index contributed by atoms with van der Waals surface area (Å²) in [6, 6.07) is 19.4. The van der Waals surface area contributed by atoms with Gasteiger partial charge in [-0.05, 0) is 11.1 Å². The topological polar surface area (TPSA) is 38.7 Å². The highest BCUT2D eigenvalue weighted by Gasteiger charge is 2.30. The maximum absolute atomic E-state index is 11.5. The van der Waals surface area contributed by atoms with Crippen molar-refractivity contribution in [2.75, 3.05) is 0 Å². The summed E-state index contributed by atoms with van der Waals surface area (Å²) in [6.45, 7) is 0. The standard InChI is InChI=1S/C16H13NO2/c18-14-11-17-15(12-7-3-1-4-8-12)16(19-14)13-9-5-2-6-10-13/h1-11,15-16H/t15-,16+/m0/s1. The molecule has 0 bridgehead atoms. The van der Waals surface area contributed by atoms with Gasteiger partial charge in [0.15, 0.2) is 6.10 Å². The van der Waals surface area contributed by atoms with Crippen molar-refractivity contribution in [3.63, 3.8) is 0 Å². The highest BCUT2D eigenvalue weighted by molar-refractivity contribution is 6.23. The molecule has 2 aromatic rings. The van der Waals surface area contributed by atoms with Crippen LogP contribution < -0.4 is 0 Å². The lowest BCUT2D eigenvalue weighted by Gasteiger charge is -2.27. The second kappa shape index (κ2) is 5.06. The van der Waals surface area contributed by atoms with Gasteiger partial charge in [-0.15, -0.1) is 0 Å². The van der Waals surface area contributed by atoms with E-state index in [0.29, 0.717) is 0 Å². The quantitative estimate of drug-likeness (QED) is 0.769. The van der Waals surface area contributed by atoms with Gasteiger partial charge >= 0.3 is 5.97 Å². The van der Waals surface area contributed by atoms with Crippen LogP contribution in [-0.4, -0.2) is 12.2 Å². The Morgan fingerprint density at radius 3 is 2.05 bits per heavy atom. The number of hydrogen-bond acceptors (Lipinski definition) is 3. The van der Waals surface area contributed by atoms with E-state index in [1.54, 1.807) is 0 Å². The lowest BCUT2D eigenvalue weighted by molar-refractivity contribution is -0.143. The molecule has 3 heteroatoms. The second-order valence-corrected chi connectivity index (χ2v) is 4.40. The second-order valence-electron chi connectivity index (χ2n) is 4.40.